The molecule has 19 heavy (non-hydrogen) atoms. The molecule has 1 rings (SSSR count). The molecular formula is C15H24N2O2. The van der Waals surface area contributed by atoms with Crippen molar-refractivity contribution in [3.8, 4) is 5.75 Å². The molecule has 0 bridgehead atoms. The first-order chi connectivity index (χ1) is 8.77. The number of rotatable bonds is 5. The molecule has 0 heterocycles. The molecule has 1 amide bonds. The average Bonchev–Trinajstić information content (AvgIpc) is 2.36. The molecule has 0 fully saturated rings. The van der Waals surface area contributed by atoms with Crippen molar-refractivity contribution in [3.05, 3.63) is 29.3 Å². The zero-order valence-electron chi connectivity index (χ0n) is 12.4. The van der Waals surface area contributed by atoms with Crippen LogP contribution >= 0.6 is 0 Å². The quantitative estimate of drug-likeness (QED) is 0.488. The van der Waals surface area contributed by atoms with Crippen molar-refractivity contribution in [2.45, 2.75) is 40.5 Å². The third-order valence-corrected chi connectivity index (χ3v) is 3.21. The summed E-state index contributed by atoms with van der Waals surface area (Å²) in [7, 11) is 0. The summed E-state index contributed by atoms with van der Waals surface area (Å²) in [4.78, 5) is 11.6. The van der Waals surface area contributed by atoms with Gasteiger partial charge in [-0.2, -0.15) is 0 Å². The lowest BCUT2D eigenvalue weighted by atomic mass is 9.94. The summed E-state index contributed by atoms with van der Waals surface area (Å²) in [5.41, 5.74) is 3.80. The number of benzene rings is 1. The lowest BCUT2D eigenvalue weighted by molar-refractivity contribution is -0.130. The fraction of sp³-hybridized carbons (Fsp3) is 0.533. The predicted octanol–water partition coefficient (Wildman–Crippen LogP) is 2.51. The maximum absolute atomic E-state index is 11.6. The molecule has 0 saturated carbocycles. The van der Waals surface area contributed by atoms with E-state index in [0.29, 0.717) is 12.5 Å². The molecule has 0 atom stereocenters. The number of carbonyl (C=O) groups is 1. The lowest BCUT2D eigenvalue weighted by Gasteiger charge is -2.23. The van der Waals surface area contributed by atoms with E-state index in [1.807, 2.05) is 19.1 Å². The highest BCUT2D eigenvalue weighted by Gasteiger charge is 2.28. The van der Waals surface area contributed by atoms with E-state index < -0.39 is 5.41 Å². The van der Waals surface area contributed by atoms with E-state index in [-0.39, 0.29) is 5.91 Å². The van der Waals surface area contributed by atoms with Gasteiger partial charge < -0.3 is 4.74 Å². The van der Waals surface area contributed by atoms with Crippen molar-refractivity contribution in [1.29, 1.82) is 0 Å². The number of carbonyl (C=O) groups excluding carboxylic acids is 1. The topological polar surface area (TPSA) is 64.3 Å². The van der Waals surface area contributed by atoms with Crippen LogP contribution in [0.1, 0.15) is 44.7 Å². The molecular weight excluding hydrogens is 240 g/mol. The first-order valence-electron chi connectivity index (χ1n) is 6.52. The molecule has 106 valence electrons. The van der Waals surface area contributed by atoms with Gasteiger partial charge in [0.05, 0.1) is 5.41 Å². The van der Waals surface area contributed by atoms with Gasteiger partial charge in [0, 0.05) is 0 Å². The minimum Gasteiger partial charge on any atom is -0.492 e. The number of hydrazine groups is 1. The first kappa shape index (κ1) is 15.5. The van der Waals surface area contributed by atoms with Crippen molar-refractivity contribution in [1.82, 2.24) is 5.43 Å². The molecule has 0 unspecified atom stereocenters. The van der Waals surface area contributed by atoms with Crippen molar-refractivity contribution < 1.29 is 9.53 Å². The van der Waals surface area contributed by atoms with Crippen LogP contribution in [0.15, 0.2) is 18.2 Å². The van der Waals surface area contributed by atoms with Crippen LogP contribution < -0.4 is 16.0 Å². The molecule has 4 heteroatoms. The molecule has 0 aliphatic heterocycles. The highest BCUT2D eigenvalue weighted by molar-refractivity contribution is 5.81. The Morgan fingerprint density at radius 3 is 2.58 bits per heavy atom. The summed E-state index contributed by atoms with van der Waals surface area (Å²) in [6, 6.07) is 6.18. The van der Waals surface area contributed by atoms with Crippen molar-refractivity contribution in [2.75, 3.05) is 6.61 Å². The number of amides is 1. The standard InChI is InChI=1S/C15H24N2O2/c1-10(2)12-7-6-11(3)13(8-12)19-9-15(4,5)14(18)17-16/h6-8,10H,9,16H2,1-5H3,(H,17,18). The van der Waals surface area contributed by atoms with Crippen molar-refractivity contribution in [2.24, 2.45) is 11.3 Å². The SMILES string of the molecule is Cc1ccc(C(C)C)cc1OCC(C)(C)C(=O)NN. The Morgan fingerprint density at radius 2 is 2.05 bits per heavy atom. The van der Waals surface area contributed by atoms with Crippen LogP contribution in [0.4, 0.5) is 0 Å². The summed E-state index contributed by atoms with van der Waals surface area (Å²) >= 11 is 0. The molecule has 1 aromatic carbocycles. The number of nitrogens with two attached hydrogens (primary N) is 1. The molecule has 0 radical (unpaired) electrons. The molecule has 0 aromatic heterocycles. The van der Waals surface area contributed by atoms with E-state index in [9.17, 15) is 4.79 Å². The molecule has 4 nitrogen and oxygen atoms in total. The van der Waals surface area contributed by atoms with Gasteiger partial charge in [-0.3, -0.25) is 10.2 Å². The molecule has 0 aliphatic carbocycles. The maximum atomic E-state index is 11.6. The van der Waals surface area contributed by atoms with Crippen LogP contribution in [0, 0.1) is 12.3 Å². The van der Waals surface area contributed by atoms with E-state index >= 15 is 0 Å². The highest BCUT2D eigenvalue weighted by Crippen LogP contribution is 2.26. The minimum absolute atomic E-state index is 0.231. The van der Waals surface area contributed by atoms with E-state index in [1.54, 1.807) is 13.8 Å². The Balaban J connectivity index is 2.83. The normalized spacial score (nSPS) is 11.5. The fourth-order valence-corrected chi connectivity index (χ4v) is 1.65. The number of ether oxygens (including phenoxy) is 1. The number of nitrogens with one attached hydrogen (secondary N) is 1. The van der Waals surface area contributed by atoms with E-state index in [1.165, 1.54) is 5.56 Å². The van der Waals surface area contributed by atoms with Crippen LogP contribution in [0.25, 0.3) is 0 Å². The Labute approximate surface area is 115 Å². The summed E-state index contributed by atoms with van der Waals surface area (Å²) in [5, 5.41) is 0. The Bertz CT molecular complexity index is 453. The molecule has 1 aromatic rings. The second kappa shape index (κ2) is 6.06. The van der Waals surface area contributed by atoms with Gasteiger partial charge in [0.1, 0.15) is 12.4 Å². The predicted molar refractivity (Wildman–Crippen MR) is 76.9 cm³/mol. The second-order valence-corrected chi connectivity index (χ2v) is 5.83. The van der Waals surface area contributed by atoms with E-state index in [0.717, 1.165) is 11.3 Å². The Kier molecular flexibility index (Phi) is 4.95. The van der Waals surface area contributed by atoms with Gasteiger partial charge >= 0.3 is 0 Å². The lowest BCUT2D eigenvalue weighted by Crippen LogP contribution is -2.44. The van der Waals surface area contributed by atoms with Gasteiger partial charge in [0.25, 0.3) is 0 Å². The van der Waals surface area contributed by atoms with Crippen LogP contribution in [-0.4, -0.2) is 12.5 Å². The van der Waals surface area contributed by atoms with E-state index in [4.69, 9.17) is 10.6 Å². The second-order valence-electron chi connectivity index (χ2n) is 5.83. The van der Waals surface area contributed by atoms with Crippen LogP contribution in [0.2, 0.25) is 0 Å². The van der Waals surface area contributed by atoms with Gasteiger partial charge in [0.15, 0.2) is 0 Å². The van der Waals surface area contributed by atoms with Gasteiger partial charge in [-0.1, -0.05) is 26.0 Å². The zero-order valence-corrected chi connectivity index (χ0v) is 12.4. The van der Waals surface area contributed by atoms with E-state index in [2.05, 4.69) is 25.3 Å². The Hall–Kier alpha value is -1.55. The van der Waals surface area contributed by atoms with Gasteiger partial charge in [-0.05, 0) is 43.9 Å². The molecule has 0 saturated heterocycles. The summed E-state index contributed by atoms with van der Waals surface area (Å²) in [5.74, 6) is 6.21. The van der Waals surface area contributed by atoms with Gasteiger partial charge in [0.2, 0.25) is 5.91 Å². The highest BCUT2D eigenvalue weighted by atomic mass is 16.5. The summed E-state index contributed by atoms with van der Waals surface area (Å²) in [6.07, 6.45) is 0. The van der Waals surface area contributed by atoms with Crippen LogP contribution in [0.3, 0.4) is 0 Å². The molecule has 3 N–H and O–H groups in total. The number of aryl methyl sites for hydroxylation is 1. The maximum Gasteiger partial charge on any atom is 0.242 e. The fourth-order valence-electron chi connectivity index (χ4n) is 1.65. The van der Waals surface area contributed by atoms with Crippen molar-refractivity contribution in [3.63, 3.8) is 0 Å². The third-order valence-electron chi connectivity index (χ3n) is 3.21. The largest absolute Gasteiger partial charge is 0.492 e. The Morgan fingerprint density at radius 1 is 1.42 bits per heavy atom. The smallest absolute Gasteiger partial charge is 0.242 e. The average molecular weight is 264 g/mol. The number of hydrogen-bond donors (Lipinski definition) is 2. The van der Waals surface area contributed by atoms with Gasteiger partial charge in [-0.15, -0.1) is 0 Å². The van der Waals surface area contributed by atoms with Crippen LogP contribution in [0.5, 0.6) is 5.75 Å². The monoisotopic (exact) mass is 264 g/mol. The zero-order chi connectivity index (χ0) is 14.6. The number of hydrogen-bond acceptors (Lipinski definition) is 3. The third kappa shape index (κ3) is 3.96. The summed E-state index contributed by atoms with van der Waals surface area (Å²) in [6.45, 7) is 10.2. The van der Waals surface area contributed by atoms with Gasteiger partial charge in [-0.25, -0.2) is 5.84 Å². The van der Waals surface area contributed by atoms with Crippen molar-refractivity contribution >= 4 is 5.91 Å². The molecule has 0 aliphatic rings. The van der Waals surface area contributed by atoms with Crippen LogP contribution in [-0.2, 0) is 4.79 Å². The first-order valence-corrected chi connectivity index (χ1v) is 6.52. The summed E-state index contributed by atoms with van der Waals surface area (Å²) < 4.78 is 5.80. The molecule has 0 spiro atoms. The minimum atomic E-state index is -0.658.